The van der Waals surface area contributed by atoms with Gasteiger partial charge in [-0.15, -0.1) is 5.10 Å². The number of rotatable bonds is 4. The Labute approximate surface area is 124 Å². The van der Waals surface area contributed by atoms with Crippen LogP contribution in [0, 0.1) is 11.8 Å². The molecule has 1 aromatic heterocycles. The summed E-state index contributed by atoms with van der Waals surface area (Å²) in [6.45, 7) is 2.20. The molecule has 1 fully saturated rings. The summed E-state index contributed by atoms with van der Waals surface area (Å²) in [5.41, 5.74) is 0.938. The van der Waals surface area contributed by atoms with Crippen molar-refractivity contribution in [3.05, 3.63) is 36.2 Å². The minimum atomic E-state index is 0.0668. The average Bonchev–Trinajstić information content (AvgIpc) is 2.98. The number of para-hydroxylation sites is 1. The van der Waals surface area contributed by atoms with E-state index in [9.17, 15) is 4.79 Å². The zero-order valence-electron chi connectivity index (χ0n) is 12.3. The predicted octanol–water partition coefficient (Wildman–Crippen LogP) is 2.60. The van der Waals surface area contributed by atoms with Crippen LogP contribution in [0.2, 0.25) is 0 Å². The Morgan fingerprint density at radius 1 is 1.29 bits per heavy atom. The van der Waals surface area contributed by atoms with Crippen molar-refractivity contribution in [3.63, 3.8) is 0 Å². The molecule has 1 saturated carbocycles. The molecule has 0 radical (unpaired) electrons. The normalized spacial score (nSPS) is 22.4. The SMILES string of the molecule is CCC1CCC(=O)C(Cc2nnnn2-c2ccccc2)C1. The molecule has 110 valence electrons. The van der Waals surface area contributed by atoms with Crippen LogP contribution in [0.5, 0.6) is 0 Å². The molecular formula is C16H20N4O. The second kappa shape index (κ2) is 6.16. The number of ketones is 1. The van der Waals surface area contributed by atoms with Gasteiger partial charge < -0.3 is 0 Å². The van der Waals surface area contributed by atoms with Crippen molar-refractivity contribution in [1.29, 1.82) is 0 Å². The topological polar surface area (TPSA) is 60.7 Å². The lowest BCUT2D eigenvalue weighted by molar-refractivity contribution is -0.125. The third kappa shape index (κ3) is 3.01. The Balaban J connectivity index is 1.79. The van der Waals surface area contributed by atoms with E-state index in [1.807, 2.05) is 30.3 Å². The minimum absolute atomic E-state index is 0.0668. The monoisotopic (exact) mass is 284 g/mol. The maximum Gasteiger partial charge on any atom is 0.157 e. The predicted molar refractivity (Wildman–Crippen MR) is 79.0 cm³/mol. The summed E-state index contributed by atoms with van der Waals surface area (Å²) in [6.07, 6.45) is 4.49. The van der Waals surface area contributed by atoms with E-state index in [2.05, 4.69) is 22.4 Å². The molecule has 21 heavy (non-hydrogen) atoms. The highest BCUT2D eigenvalue weighted by molar-refractivity contribution is 5.81. The molecule has 0 spiro atoms. The first-order chi connectivity index (χ1) is 10.3. The summed E-state index contributed by atoms with van der Waals surface area (Å²) in [5, 5.41) is 12.0. The van der Waals surface area contributed by atoms with Crippen LogP contribution in [0.3, 0.4) is 0 Å². The Hall–Kier alpha value is -2.04. The molecule has 1 aliphatic carbocycles. The van der Waals surface area contributed by atoms with Gasteiger partial charge in [0.1, 0.15) is 5.78 Å². The highest BCUT2D eigenvalue weighted by atomic mass is 16.1. The van der Waals surface area contributed by atoms with Gasteiger partial charge in [0.25, 0.3) is 0 Å². The smallest absolute Gasteiger partial charge is 0.157 e. The number of carbonyl (C=O) groups excluding carboxylic acids is 1. The van der Waals surface area contributed by atoms with Crippen molar-refractivity contribution in [2.24, 2.45) is 11.8 Å². The lowest BCUT2D eigenvalue weighted by Crippen LogP contribution is -2.27. The summed E-state index contributed by atoms with van der Waals surface area (Å²) >= 11 is 0. The molecule has 3 rings (SSSR count). The van der Waals surface area contributed by atoms with Gasteiger partial charge in [-0.2, -0.15) is 4.68 Å². The van der Waals surface area contributed by atoms with E-state index in [0.717, 1.165) is 30.8 Å². The molecule has 0 bridgehead atoms. The van der Waals surface area contributed by atoms with Crippen molar-refractivity contribution >= 4 is 5.78 Å². The van der Waals surface area contributed by atoms with E-state index in [1.54, 1.807) is 4.68 Å². The van der Waals surface area contributed by atoms with Crippen LogP contribution in [-0.2, 0) is 11.2 Å². The van der Waals surface area contributed by atoms with E-state index in [1.165, 1.54) is 0 Å². The number of aromatic nitrogens is 4. The van der Waals surface area contributed by atoms with Gasteiger partial charge in [0, 0.05) is 18.8 Å². The van der Waals surface area contributed by atoms with Crippen LogP contribution in [0.4, 0.5) is 0 Å². The summed E-state index contributed by atoms with van der Waals surface area (Å²) in [7, 11) is 0. The maximum absolute atomic E-state index is 12.2. The molecule has 2 aromatic rings. The molecular weight excluding hydrogens is 264 g/mol. The van der Waals surface area contributed by atoms with Crippen molar-refractivity contribution in [2.45, 2.75) is 39.0 Å². The zero-order chi connectivity index (χ0) is 14.7. The van der Waals surface area contributed by atoms with E-state index in [4.69, 9.17) is 0 Å². The maximum atomic E-state index is 12.2. The fourth-order valence-electron chi connectivity index (χ4n) is 3.09. The van der Waals surface area contributed by atoms with Gasteiger partial charge in [-0.3, -0.25) is 4.79 Å². The largest absolute Gasteiger partial charge is 0.299 e. The highest BCUT2D eigenvalue weighted by Crippen LogP contribution is 2.30. The molecule has 5 heteroatoms. The van der Waals surface area contributed by atoms with Gasteiger partial charge in [0.15, 0.2) is 5.82 Å². The highest BCUT2D eigenvalue weighted by Gasteiger charge is 2.29. The van der Waals surface area contributed by atoms with Gasteiger partial charge >= 0.3 is 0 Å². The van der Waals surface area contributed by atoms with E-state index in [0.29, 0.717) is 24.5 Å². The summed E-state index contributed by atoms with van der Waals surface area (Å²) in [4.78, 5) is 12.2. The van der Waals surface area contributed by atoms with Crippen LogP contribution in [0.1, 0.15) is 38.4 Å². The lowest BCUT2D eigenvalue weighted by atomic mass is 9.78. The zero-order valence-corrected chi connectivity index (χ0v) is 12.3. The Bertz CT molecular complexity index is 608. The second-order valence-electron chi connectivity index (χ2n) is 5.76. The number of nitrogens with zero attached hydrogens (tertiary/aromatic N) is 4. The number of hydrogen-bond acceptors (Lipinski definition) is 4. The Kier molecular flexibility index (Phi) is 4.08. The number of carbonyl (C=O) groups is 1. The molecule has 0 amide bonds. The number of hydrogen-bond donors (Lipinski definition) is 0. The first-order valence-corrected chi connectivity index (χ1v) is 7.63. The molecule has 0 N–H and O–H groups in total. The number of benzene rings is 1. The number of Topliss-reactive ketones (excluding diaryl/α,β-unsaturated/α-hetero) is 1. The first-order valence-electron chi connectivity index (χ1n) is 7.63. The second-order valence-corrected chi connectivity index (χ2v) is 5.76. The third-order valence-electron chi connectivity index (χ3n) is 4.41. The molecule has 1 heterocycles. The van der Waals surface area contributed by atoms with Crippen LogP contribution < -0.4 is 0 Å². The Morgan fingerprint density at radius 2 is 2.10 bits per heavy atom. The fraction of sp³-hybridized carbons (Fsp3) is 0.500. The van der Waals surface area contributed by atoms with Crippen LogP contribution in [0.15, 0.2) is 30.3 Å². The standard InChI is InChI=1S/C16H20N4O/c1-2-12-8-9-15(21)13(10-12)11-16-17-18-19-20(16)14-6-4-3-5-7-14/h3-7,12-13H,2,8-11H2,1H3. The van der Waals surface area contributed by atoms with Gasteiger partial charge in [-0.05, 0) is 41.3 Å². The van der Waals surface area contributed by atoms with Crippen molar-refractivity contribution in [2.75, 3.05) is 0 Å². The number of tetrazole rings is 1. The average molecular weight is 284 g/mol. The lowest BCUT2D eigenvalue weighted by Gasteiger charge is -2.26. The van der Waals surface area contributed by atoms with Gasteiger partial charge in [-0.1, -0.05) is 31.5 Å². The molecule has 1 aromatic carbocycles. The first kappa shape index (κ1) is 13.9. The van der Waals surface area contributed by atoms with E-state index in [-0.39, 0.29) is 5.92 Å². The van der Waals surface area contributed by atoms with Crippen LogP contribution in [0.25, 0.3) is 5.69 Å². The fourth-order valence-corrected chi connectivity index (χ4v) is 3.09. The van der Waals surface area contributed by atoms with Gasteiger partial charge in [-0.25, -0.2) is 0 Å². The molecule has 2 atom stereocenters. The molecule has 1 aliphatic rings. The van der Waals surface area contributed by atoms with E-state index < -0.39 is 0 Å². The molecule has 5 nitrogen and oxygen atoms in total. The molecule has 0 saturated heterocycles. The quantitative estimate of drug-likeness (QED) is 0.866. The molecule has 0 aliphatic heterocycles. The Morgan fingerprint density at radius 3 is 2.86 bits per heavy atom. The van der Waals surface area contributed by atoms with Crippen molar-refractivity contribution in [3.8, 4) is 5.69 Å². The summed E-state index contributed by atoms with van der Waals surface area (Å²) in [6, 6.07) is 9.82. The summed E-state index contributed by atoms with van der Waals surface area (Å²) < 4.78 is 1.74. The summed E-state index contributed by atoms with van der Waals surface area (Å²) in [5.74, 6) is 1.87. The van der Waals surface area contributed by atoms with Crippen molar-refractivity contribution in [1.82, 2.24) is 20.2 Å². The van der Waals surface area contributed by atoms with Crippen LogP contribution in [-0.4, -0.2) is 26.0 Å². The van der Waals surface area contributed by atoms with Gasteiger partial charge in [0.05, 0.1) is 5.69 Å². The van der Waals surface area contributed by atoms with Gasteiger partial charge in [0.2, 0.25) is 0 Å². The van der Waals surface area contributed by atoms with Crippen molar-refractivity contribution < 1.29 is 4.79 Å². The van der Waals surface area contributed by atoms with E-state index >= 15 is 0 Å². The third-order valence-corrected chi connectivity index (χ3v) is 4.41. The van der Waals surface area contributed by atoms with Crippen LogP contribution >= 0.6 is 0 Å². The minimum Gasteiger partial charge on any atom is -0.299 e. The molecule has 2 unspecified atom stereocenters.